The Morgan fingerprint density at radius 3 is 2.69 bits per heavy atom. The monoisotopic (exact) mass is 240 g/mol. The normalized spacial score (nSPS) is 17.9. The Labute approximate surface area is 86.7 Å². The largest absolute Gasteiger partial charge is 0.397 e. The van der Waals surface area contributed by atoms with Crippen molar-refractivity contribution >= 4 is 21.6 Å². The van der Waals surface area contributed by atoms with Gasteiger partial charge in [0.1, 0.15) is 0 Å². The van der Waals surface area contributed by atoms with E-state index in [1.165, 1.54) is 31.4 Å². The Bertz CT molecular complexity index is 306. The summed E-state index contributed by atoms with van der Waals surface area (Å²) in [5.41, 5.74) is 7.59. The van der Waals surface area contributed by atoms with Crippen LogP contribution in [0.15, 0.2) is 16.7 Å². The first-order valence-electron chi connectivity index (χ1n) is 4.68. The molecule has 0 atom stereocenters. The van der Waals surface area contributed by atoms with Gasteiger partial charge in [-0.05, 0) is 34.8 Å². The Morgan fingerprint density at radius 2 is 2.08 bits per heavy atom. The zero-order valence-electron chi connectivity index (χ0n) is 7.46. The van der Waals surface area contributed by atoms with Gasteiger partial charge >= 0.3 is 0 Å². The molecule has 0 spiro atoms. The summed E-state index contributed by atoms with van der Waals surface area (Å²) in [6.07, 6.45) is 6.99. The second kappa shape index (κ2) is 3.66. The predicted octanol–water partition coefficient (Wildman–Crippen LogP) is 3.08. The van der Waals surface area contributed by atoms with Crippen LogP contribution in [0.1, 0.15) is 37.3 Å². The SMILES string of the molecule is Nc1cnc(C2CCCC2)cc1Br. The van der Waals surface area contributed by atoms with Gasteiger partial charge in [-0.1, -0.05) is 12.8 Å². The lowest BCUT2D eigenvalue weighted by Gasteiger charge is -2.09. The molecular formula is C10H13BrN2. The van der Waals surface area contributed by atoms with Crippen LogP contribution in [0.5, 0.6) is 0 Å². The fraction of sp³-hybridized carbons (Fsp3) is 0.500. The first-order chi connectivity index (χ1) is 6.27. The van der Waals surface area contributed by atoms with Crippen molar-refractivity contribution in [2.24, 2.45) is 0 Å². The zero-order valence-corrected chi connectivity index (χ0v) is 9.05. The van der Waals surface area contributed by atoms with Crippen LogP contribution in [0.3, 0.4) is 0 Å². The maximum Gasteiger partial charge on any atom is 0.0645 e. The minimum Gasteiger partial charge on any atom is -0.397 e. The van der Waals surface area contributed by atoms with Crippen molar-refractivity contribution in [2.45, 2.75) is 31.6 Å². The fourth-order valence-corrected chi connectivity index (χ4v) is 2.24. The van der Waals surface area contributed by atoms with E-state index in [1.807, 2.05) is 0 Å². The molecule has 0 aliphatic heterocycles. The third-order valence-corrected chi connectivity index (χ3v) is 3.36. The van der Waals surface area contributed by atoms with Gasteiger partial charge in [0.25, 0.3) is 0 Å². The van der Waals surface area contributed by atoms with Crippen molar-refractivity contribution in [1.29, 1.82) is 0 Å². The minimum absolute atomic E-state index is 0.664. The van der Waals surface area contributed by atoms with Gasteiger partial charge in [0.05, 0.1) is 11.9 Å². The topological polar surface area (TPSA) is 38.9 Å². The molecule has 1 aliphatic rings. The molecule has 0 saturated heterocycles. The van der Waals surface area contributed by atoms with Gasteiger partial charge in [0.2, 0.25) is 0 Å². The van der Waals surface area contributed by atoms with Crippen molar-refractivity contribution in [3.63, 3.8) is 0 Å². The van der Waals surface area contributed by atoms with Crippen LogP contribution in [0, 0.1) is 0 Å². The highest BCUT2D eigenvalue weighted by molar-refractivity contribution is 9.10. The number of nitrogen functional groups attached to an aromatic ring is 1. The smallest absolute Gasteiger partial charge is 0.0645 e. The van der Waals surface area contributed by atoms with Crippen LogP contribution < -0.4 is 5.73 Å². The molecule has 0 bridgehead atoms. The van der Waals surface area contributed by atoms with Gasteiger partial charge in [0.15, 0.2) is 0 Å². The predicted molar refractivity (Wildman–Crippen MR) is 57.6 cm³/mol. The number of halogens is 1. The second-order valence-electron chi connectivity index (χ2n) is 3.61. The summed E-state index contributed by atoms with van der Waals surface area (Å²) in [4.78, 5) is 4.37. The molecule has 0 aromatic carbocycles. The summed E-state index contributed by atoms with van der Waals surface area (Å²) < 4.78 is 0.976. The molecule has 2 nitrogen and oxygen atoms in total. The molecule has 3 heteroatoms. The highest BCUT2D eigenvalue weighted by atomic mass is 79.9. The highest BCUT2D eigenvalue weighted by Gasteiger charge is 2.18. The van der Waals surface area contributed by atoms with Gasteiger partial charge in [-0.2, -0.15) is 0 Å². The lowest BCUT2D eigenvalue weighted by Crippen LogP contribution is -1.98. The number of aromatic nitrogens is 1. The van der Waals surface area contributed by atoms with E-state index < -0.39 is 0 Å². The standard InChI is InChI=1S/C10H13BrN2/c11-8-5-10(13-6-9(8)12)7-3-1-2-4-7/h5-7H,1-4,12H2. The number of nitrogens with two attached hydrogens (primary N) is 1. The van der Waals surface area contributed by atoms with E-state index in [2.05, 4.69) is 27.0 Å². The maximum atomic E-state index is 5.68. The summed E-state index contributed by atoms with van der Waals surface area (Å²) in [5, 5.41) is 0. The number of hydrogen-bond acceptors (Lipinski definition) is 2. The molecule has 13 heavy (non-hydrogen) atoms. The molecule has 1 aromatic rings. The molecule has 2 rings (SSSR count). The van der Waals surface area contributed by atoms with E-state index in [4.69, 9.17) is 5.73 Å². The zero-order chi connectivity index (χ0) is 9.26. The third-order valence-electron chi connectivity index (χ3n) is 2.68. The average Bonchev–Trinajstić information content (AvgIpc) is 2.62. The molecule has 1 fully saturated rings. The van der Waals surface area contributed by atoms with Crippen molar-refractivity contribution in [3.05, 3.63) is 22.4 Å². The quantitative estimate of drug-likeness (QED) is 0.820. The Kier molecular flexibility index (Phi) is 2.54. The van der Waals surface area contributed by atoms with Crippen LogP contribution in [-0.2, 0) is 0 Å². The van der Waals surface area contributed by atoms with Crippen molar-refractivity contribution in [2.75, 3.05) is 5.73 Å². The number of hydrogen-bond donors (Lipinski definition) is 1. The average molecular weight is 241 g/mol. The molecule has 1 heterocycles. The fourth-order valence-electron chi connectivity index (χ4n) is 1.90. The van der Waals surface area contributed by atoms with E-state index in [9.17, 15) is 0 Å². The molecule has 0 unspecified atom stereocenters. The molecule has 1 aliphatic carbocycles. The molecule has 70 valence electrons. The molecule has 2 N–H and O–H groups in total. The van der Waals surface area contributed by atoms with Crippen LogP contribution in [0.2, 0.25) is 0 Å². The number of rotatable bonds is 1. The van der Waals surface area contributed by atoms with Gasteiger partial charge < -0.3 is 5.73 Å². The number of pyridine rings is 1. The van der Waals surface area contributed by atoms with Gasteiger partial charge in [0, 0.05) is 16.1 Å². The Hall–Kier alpha value is -0.570. The number of nitrogens with zero attached hydrogens (tertiary/aromatic N) is 1. The highest BCUT2D eigenvalue weighted by Crippen LogP contribution is 2.34. The van der Waals surface area contributed by atoms with Crippen LogP contribution in [-0.4, -0.2) is 4.98 Å². The lowest BCUT2D eigenvalue weighted by atomic mass is 10.0. The van der Waals surface area contributed by atoms with Gasteiger partial charge in [-0.25, -0.2) is 0 Å². The van der Waals surface area contributed by atoms with Gasteiger partial charge in [-0.15, -0.1) is 0 Å². The Morgan fingerprint density at radius 1 is 1.38 bits per heavy atom. The van der Waals surface area contributed by atoms with Gasteiger partial charge in [-0.3, -0.25) is 4.98 Å². The van der Waals surface area contributed by atoms with Crippen molar-refractivity contribution in [3.8, 4) is 0 Å². The summed E-state index contributed by atoms with van der Waals surface area (Å²) in [6, 6.07) is 2.06. The van der Waals surface area contributed by atoms with Crippen LogP contribution in [0.4, 0.5) is 5.69 Å². The molecule has 0 radical (unpaired) electrons. The maximum absolute atomic E-state index is 5.68. The van der Waals surface area contributed by atoms with E-state index in [1.54, 1.807) is 6.20 Å². The van der Waals surface area contributed by atoms with E-state index >= 15 is 0 Å². The molecule has 1 aromatic heterocycles. The van der Waals surface area contributed by atoms with E-state index in [-0.39, 0.29) is 0 Å². The van der Waals surface area contributed by atoms with Crippen molar-refractivity contribution in [1.82, 2.24) is 4.98 Å². The van der Waals surface area contributed by atoms with Crippen LogP contribution in [0.25, 0.3) is 0 Å². The van der Waals surface area contributed by atoms with E-state index in [0.717, 1.165) is 10.2 Å². The second-order valence-corrected chi connectivity index (χ2v) is 4.47. The van der Waals surface area contributed by atoms with E-state index in [0.29, 0.717) is 5.92 Å². The lowest BCUT2D eigenvalue weighted by molar-refractivity contribution is 0.697. The third kappa shape index (κ3) is 1.85. The summed E-state index contributed by atoms with van der Waals surface area (Å²) >= 11 is 3.43. The first-order valence-corrected chi connectivity index (χ1v) is 5.47. The molecule has 1 saturated carbocycles. The molecular weight excluding hydrogens is 228 g/mol. The van der Waals surface area contributed by atoms with Crippen LogP contribution >= 0.6 is 15.9 Å². The Balaban J connectivity index is 2.25. The van der Waals surface area contributed by atoms with Crippen molar-refractivity contribution < 1.29 is 0 Å². The summed E-state index contributed by atoms with van der Waals surface area (Å²) in [7, 11) is 0. The molecule has 0 amide bonds. The minimum atomic E-state index is 0.664. The first kappa shape index (κ1) is 9.00. The summed E-state index contributed by atoms with van der Waals surface area (Å²) in [6.45, 7) is 0. The number of anilines is 1. The summed E-state index contributed by atoms with van der Waals surface area (Å²) in [5.74, 6) is 0.664.